The lowest BCUT2D eigenvalue weighted by atomic mass is 10.0. The van der Waals surface area contributed by atoms with E-state index in [4.69, 9.17) is 5.73 Å². The summed E-state index contributed by atoms with van der Waals surface area (Å²) in [4.78, 5) is 12.2. The fourth-order valence-electron chi connectivity index (χ4n) is 2.98. The van der Waals surface area contributed by atoms with Gasteiger partial charge in [0.2, 0.25) is 0 Å². The normalized spacial score (nSPS) is 20.4. The first kappa shape index (κ1) is 14.7. The number of nitrogens with one attached hydrogen (secondary N) is 1. The van der Waals surface area contributed by atoms with Crippen molar-refractivity contribution in [1.29, 1.82) is 0 Å². The highest BCUT2D eigenvalue weighted by atomic mass is 19.3. The summed E-state index contributed by atoms with van der Waals surface area (Å²) in [5, 5.41) is 6.76. The number of pyridine rings is 1. The number of carbonyl (C=O) groups excluding carboxylic acids is 1. The van der Waals surface area contributed by atoms with Crippen molar-refractivity contribution >= 4 is 17.1 Å². The summed E-state index contributed by atoms with van der Waals surface area (Å²) in [7, 11) is 0. The summed E-state index contributed by atoms with van der Waals surface area (Å²) in [5.74, 6) is -3.54. The summed E-state index contributed by atoms with van der Waals surface area (Å²) in [6.07, 6.45) is 4.45. The molecule has 0 aromatic carbocycles. The molecule has 0 aliphatic heterocycles. The summed E-state index contributed by atoms with van der Waals surface area (Å²) in [5.41, 5.74) is 7.24. The molecule has 1 amide bonds. The first-order valence-electron chi connectivity index (χ1n) is 7.36. The van der Waals surface area contributed by atoms with Gasteiger partial charge in [-0.15, -0.1) is 0 Å². The Labute approximate surface area is 126 Å². The molecule has 3 rings (SSSR count). The molecule has 1 aliphatic rings. The van der Waals surface area contributed by atoms with Crippen molar-refractivity contribution in [2.75, 3.05) is 12.3 Å². The molecule has 118 valence electrons. The molecule has 0 bridgehead atoms. The van der Waals surface area contributed by atoms with Crippen molar-refractivity contribution in [3.8, 4) is 0 Å². The largest absolute Gasteiger partial charge is 0.399 e. The molecule has 0 spiro atoms. The Balaban J connectivity index is 1.63. The number of aromatic nitrogens is 2. The molecule has 2 heterocycles. The van der Waals surface area contributed by atoms with Crippen LogP contribution in [0.5, 0.6) is 0 Å². The van der Waals surface area contributed by atoms with Gasteiger partial charge < -0.3 is 11.1 Å². The van der Waals surface area contributed by atoms with E-state index in [1.807, 2.05) is 0 Å². The maximum absolute atomic E-state index is 13.5. The summed E-state index contributed by atoms with van der Waals surface area (Å²) < 4.78 is 28.6. The van der Waals surface area contributed by atoms with Crippen LogP contribution in [0.4, 0.5) is 14.5 Å². The van der Waals surface area contributed by atoms with Gasteiger partial charge in [0.15, 0.2) is 0 Å². The number of hydrogen-bond acceptors (Lipinski definition) is 3. The summed E-state index contributed by atoms with van der Waals surface area (Å²) in [6.45, 7) is 0.235. The zero-order valence-corrected chi connectivity index (χ0v) is 12.1. The molecule has 1 atom stereocenters. The van der Waals surface area contributed by atoms with Crippen molar-refractivity contribution in [2.24, 2.45) is 5.92 Å². The molecule has 2 aromatic rings. The smallest absolute Gasteiger partial charge is 0.255 e. The Kier molecular flexibility index (Phi) is 3.72. The number of hydrogen-bond donors (Lipinski definition) is 2. The Hall–Kier alpha value is -2.18. The van der Waals surface area contributed by atoms with Crippen LogP contribution in [0.2, 0.25) is 0 Å². The van der Waals surface area contributed by atoms with Crippen LogP contribution in [0.3, 0.4) is 0 Å². The highest BCUT2D eigenvalue weighted by molar-refractivity contribution is 6.00. The van der Waals surface area contributed by atoms with E-state index < -0.39 is 11.8 Å². The molecule has 22 heavy (non-hydrogen) atoms. The first-order chi connectivity index (χ1) is 10.5. The van der Waals surface area contributed by atoms with Crippen LogP contribution in [0.25, 0.3) is 5.52 Å². The first-order valence-corrected chi connectivity index (χ1v) is 7.36. The van der Waals surface area contributed by atoms with Crippen LogP contribution < -0.4 is 11.1 Å². The number of nitrogen functional groups attached to an aromatic ring is 1. The second kappa shape index (κ2) is 5.55. The zero-order valence-electron chi connectivity index (χ0n) is 12.1. The second-order valence-corrected chi connectivity index (χ2v) is 5.74. The van der Waals surface area contributed by atoms with E-state index in [-0.39, 0.29) is 18.9 Å². The van der Waals surface area contributed by atoms with Crippen LogP contribution in [0, 0.1) is 5.92 Å². The molecule has 3 N–H and O–H groups in total. The average molecular weight is 308 g/mol. The lowest BCUT2D eigenvalue weighted by Crippen LogP contribution is -2.29. The van der Waals surface area contributed by atoms with Gasteiger partial charge in [0.05, 0.1) is 17.3 Å². The minimum atomic E-state index is -2.59. The van der Waals surface area contributed by atoms with E-state index in [9.17, 15) is 13.6 Å². The lowest BCUT2D eigenvalue weighted by Gasteiger charge is -2.18. The quantitative estimate of drug-likeness (QED) is 0.911. The maximum atomic E-state index is 13.5. The van der Waals surface area contributed by atoms with Crippen LogP contribution in [0.1, 0.15) is 36.0 Å². The molecule has 2 aromatic heterocycles. The molecule has 7 heteroatoms. The number of amides is 1. The van der Waals surface area contributed by atoms with E-state index in [0.717, 1.165) is 0 Å². The van der Waals surface area contributed by atoms with E-state index >= 15 is 0 Å². The average Bonchev–Trinajstić information content (AvgIpc) is 3.02. The molecule has 1 unspecified atom stereocenters. The molecule has 1 aliphatic carbocycles. The van der Waals surface area contributed by atoms with Gasteiger partial charge in [0.25, 0.3) is 11.8 Å². The van der Waals surface area contributed by atoms with E-state index in [2.05, 4.69) is 10.4 Å². The number of carbonyl (C=O) groups is 1. The van der Waals surface area contributed by atoms with Crippen LogP contribution >= 0.6 is 0 Å². The van der Waals surface area contributed by atoms with Crippen LogP contribution in [0.15, 0.2) is 24.5 Å². The Morgan fingerprint density at radius 1 is 1.55 bits per heavy atom. The van der Waals surface area contributed by atoms with Gasteiger partial charge in [-0.1, -0.05) is 0 Å². The van der Waals surface area contributed by atoms with Crippen LogP contribution in [-0.4, -0.2) is 28.0 Å². The maximum Gasteiger partial charge on any atom is 0.255 e. The number of fused-ring (bicyclic) bond motifs is 1. The van der Waals surface area contributed by atoms with Gasteiger partial charge in [0, 0.05) is 30.8 Å². The third kappa shape index (κ3) is 2.75. The Morgan fingerprint density at radius 2 is 2.36 bits per heavy atom. The molecular weight excluding hydrogens is 290 g/mol. The Bertz CT molecular complexity index is 698. The molecular formula is C15H18F2N4O. The highest BCUT2D eigenvalue weighted by Crippen LogP contribution is 2.41. The zero-order chi connectivity index (χ0) is 15.7. The SMILES string of the molecule is Nc1ccn2ncc(C(=O)NCCC3CCCC3(F)F)c2c1. The monoisotopic (exact) mass is 308 g/mol. The van der Waals surface area contributed by atoms with Gasteiger partial charge in [-0.3, -0.25) is 4.79 Å². The lowest BCUT2D eigenvalue weighted by molar-refractivity contribution is -0.0390. The Morgan fingerprint density at radius 3 is 3.09 bits per heavy atom. The fourth-order valence-corrected chi connectivity index (χ4v) is 2.98. The number of halogens is 2. The van der Waals surface area contributed by atoms with Crippen molar-refractivity contribution < 1.29 is 13.6 Å². The van der Waals surface area contributed by atoms with Crippen molar-refractivity contribution in [3.63, 3.8) is 0 Å². The van der Waals surface area contributed by atoms with Crippen LogP contribution in [-0.2, 0) is 0 Å². The number of alkyl halides is 2. The summed E-state index contributed by atoms with van der Waals surface area (Å²) in [6, 6.07) is 3.34. The second-order valence-electron chi connectivity index (χ2n) is 5.74. The number of nitrogens with zero attached hydrogens (tertiary/aromatic N) is 2. The minimum absolute atomic E-state index is 0.0427. The molecule has 1 fully saturated rings. The summed E-state index contributed by atoms with van der Waals surface area (Å²) >= 11 is 0. The van der Waals surface area contributed by atoms with Gasteiger partial charge in [-0.2, -0.15) is 5.10 Å². The topological polar surface area (TPSA) is 72.4 Å². The van der Waals surface area contributed by atoms with Gasteiger partial charge in [0.1, 0.15) is 0 Å². The standard InChI is InChI=1S/C15H18F2N4O/c16-15(17)5-1-2-10(15)3-6-19-14(22)12-9-20-21-7-4-11(18)8-13(12)21/h4,7-10H,1-3,5-6,18H2,(H,19,22). The predicted octanol–water partition coefficient (Wildman–Crippen LogP) is 2.47. The van der Waals surface area contributed by atoms with E-state index in [1.165, 1.54) is 6.20 Å². The molecule has 5 nitrogen and oxygen atoms in total. The van der Waals surface area contributed by atoms with E-state index in [0.29, 0.717) is 36.0 Å². The van der Waals surface area contributed by atoms with Crippen molar-refractivity contribution in [1.82, 2.24) is 14.9 Å². The fraction of sp³-hybridized carbons (Fsp3) is 0.467. The predicted molar refractivity (Wildman–Crippen MR) is 78.8 cm³/mol. The highest BCUT2D eigenvalue weighted by Gasteiger charge is 2.43. The molecule has 0 saturated heterocycles. The van der Waals surface area contributed by atoms with Crippen molar-refractivity contribution in [3.05, 3.63) is 30.1 Å². The third-order valence-electron chi connectivity index (χ3n) is 4.23. The number of rotatable bonds is 4. The molecule has 1 saturated carbocycles. The minimum Gasteiger partial charge on any atom is -0.399 e. The van der Waals surface area contributed by atoms with Gasteiger partial charge >= 0.3 is 0 Å². The van der Waals surface area contributed by atoms with E-state index in [1.54, 1.807) is 22.8 Å². The molecule has 0 radical (unpaired) electrons. The van der Waals surface area contributed by atoms with Crippen molar-refractivity contribution in [2.45, 2.75) is 31.6 Å². The van der Waals surface area contributed by atoms with Gasteiger partial charge in [-0.05, 0) is 31.4 Å². The number of anilines is 1. The number of nitrogens with two attached hydrogens (primary N) is 1. The third-order valence-corrected chi connectivity index (χ3v) is 4.23. The van der Waals surface area contributed by atoms with Gasteiger partial charge in [-0.25, -0.2) is 13.3 Å².